The number of nitrogens with zero attached hydrogens (tertiary/aromatic N) is 3. The highest BCUT2D eigenvalue weighted by Crippen LogP contribution is 2.41. The Morgan fingerprint density at radius 1 is 1.31 bits per heavy atom. The maximum absolute atomic E-state index is 11.9. The van der Waals surface area contributed by atoms with Gasteiger partial charge < -0.3 is 9.84 Å². The van der Waals surface area contributed by atoms with E-state index in [4.69, 9.17) is 4.74 Å². The number of phenols is 1. The fourth-order valence-corrected chi connectivity index (χ4v) is 3.53. The predicted molar refractivity (Wildman–Crippen MR) is 108 cm³/mol. The van der Waals surface area contributed by atoms with E-state index in [9.17, 15) is 9.90 Å². The third kappa shape index (κ3) is 5.42. The molecular weight excluding hydrogens is 488 g/mol. The molecule has 0 aliphatic rings. The molecule has 138 valence electrons. The molecule has 0 aliphatic carbocycles. The monoisotopic (exact) mass is 502 g/mol. The summed E-state index contributed by atoms with van der Waals surface area (Å²) in [6.45, 7) is 3.76. The number of thioether (sulfide) groups is 1. The lowest BCUT2D eigenvalue weighted by Crippen LogP contribution is -2.19. The van der Waals surface area contributed by atoms with Crippen LogP contribution in [0.25, 0.3) is 0 Å². The number of methoxy groups -OCH3 is 1. The van der Waals surface area contributed by atoms with E-state index in [2.05, 4.69) is 52.4 Å². The lowest BCUT2D eigenvalue weighted by molar-refractivity contribution is -0.118. The fraction of sp³-hybridized carbons (Fsp3) is 0.250. The Morgan fingerprint density at radius 2 is 1.96 bits per heavy atom. The van der Waals surface area contributed by atoms with Gasteiger partial charge in [0, 0.05) is 21.4 Å². The number of phenolic OH excluding ortho intramolecular Hbond substituents is 1. The van der Waals surface area contributed by atoms with E-state index in [1.165, 1.54) is 25.1 Å². The summed E-state index contributed by atoms with van der Waals surface area (Å²) < 4.78 is 6.12. The van der Waals surface area contributed by atoms with Crippen molar-refractivity contribution in [3.8, 4) is 11.5 Å². The first kappa shape index (κ1) is 20.7. The van der Waals surface area contributed by atoms with E-state index in [1.54, 1.807) is 6.07 Å². The molecule has 1 amide bonds. The van der Waals surface area contributed by atoms with E-state index < -0.39 is 0 Å². The van der Waals surface area contributed by atoms with Crippen LogP contribution in [0.1, 0.15) is 17.0 Å². The molecule has 0 unspecified atom stereocenters. The van der Waals surface area contributed by atoms with Crippen molar-refractivity contribution in [2.45, 2.75) is 19.0 Å². The Bertz CT molecular complexity index is 842. The summed E-state index contributed by atoms with van der Waals surface area (Å²) in [6, 6.07) is 3.47. The van der Waals surface area contributed by atoms with E-state index >= 15 is 0 Å². The zero-order valence-electron chi connectivity index (χ0n) is 14.2. The third-order valence-electron chi connectivity index (χ3n) is 3.08. The second-order valence-corrected chi connectivity index (χ2v) is 7.69. The first-order valence-corrected chi connectivity index (χ1v) is 9.91. The average molecular weight is 504 g/mol. The van der Waals surface area contributed by atoms with Crippen LogP contribution >= 0.6 is 43.6 Å². The van der Waals surface area contributed by atoms with Crippen LogP contribution in [0.5, 0.6) is 11.5 Å². The second-order valence-electron chi connectivity index (χ2n) is 5.16. The lowest BCUT2D eigenvalue weighted by Gasteiger charge is -2.09. The number of aryl methyl sites for hydroxylation is 2. The molecule has 0 bridgehead atoms. The van der Waals surface area contributed by atoms with Crippen LogP contribution in [-0.4, -0.2) is 40.1 Å². The number of benzene rings is 1. The van der Waals surface area contributed by atoms with Crippen molar-refractivity contribution < 1.29 is 14.6 Å². The number of amides is 1. The molecule has 1 heterocycles. The number of halogens is 2. The van der Waals surface area contributed by atoms with E-state index in [1.807, 2.05) is 19.9 Å². The quantitative estimate of drug-likeness (QED) is 0.270. The van der Waals surface area contributed by atoms with Crippen molar-refractivity contribution in [2.24, 2.45) is 5.10 Å². The van der Waals surface area contributed by atoms with Gasteiger partial charge in [-0.1, -0.05) is 11.8 Å². The summed E-state index contributed by atoms with van der Waals surface area (Å²) in [4.78, 5) is 20.5. The number of carbonyl (C=O) groups is 1. The molecule has 1 aromatic heterocycles. The molecule has 7 nitrogen and oxygen atoms in total. The minimum absolute atomic E-state index is 0.0228. The summed E-state index contributed by atoms with van der Waals surface area (Å²) in [5.41, 5.74) is 4.78. The topological polar surface area (TPSA) is 96.7 Å². The maximum Gasteiger partial charge on any atom is 0.250 e. The largest absolute Gasteiger partial charge is 0.503 e. The smallest absolute Gasteiger partial charge is 0.250 e. The number of ether oxygens (including phenoxy) is 1. The molecule has 10 heteroatoms. The van der Waals surface area contributed by atoms with Crippen LogP contribution in [0.15, 0.2) is 31.3 Å². The van der Waals surface area contributed by atoms with Gasteiger partial charge in [-0.15, -0.1) is 0 Å². The van der Waals surface area contributed by atoms with Gasteiger partial charge in [0.15, 0.2) is 16.7 Å². The molecule has 2 rings (SSSR count). The minimum Gasteiger partial charge on any atom is -0.503 e. The summed E-state index contributed by atoms with van der Waals surface area (Å²) in [5, 5.41) is 14.4. The number of nitrogens with one attached hydrogen (secondary N) is 1. The van der Waals surface area contributed by atoms with Crippen LogP contribution < -0.4 is 10.2 Å². The van der Waals surface area contributed by atoms with Crippen molar-refractivity contribution in [2.75, 3.05) is 12.9 Å². The molecule has 2 aromatic rings. The maximum atomic E-state index is 11.9. The summed E-state index contributed by atoms with van der Waals surface area (Å²) in [5.74, 6) is 0.125. The van der Waals surface area contributed by atoms with Crippen LogP contribution in [-0.2, 0) is 4.79 Å². The minimum atomic E-state index is -0.282. The Morgan fingerprint density at radius 3 is 2.58 bits per heavy atom. The number of aromatic nitrogens is 2. The summed E-state index contributed by atoms with van der Waals surface area (Å²) in [7, 11) is 1.45. The summed E-state index contributed by atoms with van der Waals surface area (Å²) in [6.07, 6.45) is 1.45. The van der Waals surface area contributed by atoms with Crippen LogP contribution in [0.2, 0.25) is 0 Å². The molecule has 0 spiro atoms. The Hall–Kier alpha value is -1.65. The number of carbonyl (C=O) groups excluding carboxylic acids is 1. The molecule has 0 fully saturated rings. The first-order chi connectivity index (χ1) is 12.3. The van der Waals surface area contributed by atoms with Gasteiger partial charge in [0.05, 0.1) is 23.5 Å². The predicted octanol–water partition coefficient (Wildman–Crippen LogP) is 3.58. The molecular formula is C16H16Br2N4O3S. The molecule has 0 saturated carbocycles. The zero-order valence-corrected chi connectivity index (χ0v) is 18.2. The normalized spacial score (nSPS) is 11.0. The highest BCUT2D eigenvalue weighted by molar-refractivity contribution is 9.13. The Kier molecular flexibility index (Phi) is 7.42. The highest BCUT2D eigenvalue weighted by Gasteiger charge is 2.14. The number of hydrazone groups is 1. The average Bonchev–Trinajstić information content (AvgIpc) is 2.59. The first-order valence-electron chi connectivity index (χ1n) is 7.33. The standard InChI is InChI=1S/C16H16Br2N4O3S/c1-8-4-9(2)21-16(20-8)26-7-12(23)22-19-6-10-5-11(25-3)15(24)14(18)13(10)17/h4-6,24H,7H2,1-3H3,(H,22,23)/b19-6-. The van der Waals surface area contributed by atoms with Crippen molar-refractivity contribution >= 4 is 55.7 Å². The van der Waals surface area contributed by atoms with Gasteiger partial charge >= 0.3 is 0 Å². The van der Waals surface area contributed by atoms with E-state index in [0.29, 0.717) is 19.7 Å². The van der Waals surface area contributed by atoms with Gasteiger partial charge in [0.2, 0.25) is 0 Å². The van der Waals surface area contributed by atoms with Gasteiger partial charge in [0.1, 0.15) is 0 Å². The second kappa shape index (κ2) is 9.33. The van der Waals surface area contributed by atoms with Crippen LogP contribution in [0.4, 0.5) is 0 Å². The van der Waals surface area contributed by atoms with Gasteiger partial charge in [-0.25, -0.2) is 15.4 Å². The Labute approximate surface area is 171 Å². The van der Waals surface area contributed by atoms with Crippen molar-refractivity contribution in [1.82, 2.24) is 15.4 Å². The number of aromatic hydroxyl groups is 1. The van der Waals surface area contributed by atoms with Crippen LogP contribution in [0.3, 0.4) is 0 Å². The van der Waals surface area contributed by atoms with Gasteiger partial charge in [-0.2, -0.15) is 5.10 Å². The third-order valence-corrected chi connectivity index (χ3v) is 6.09. The molecule has 0 radical (unpaired) electrons. The number of hydrogen-bond acceptors (Lipinski definition) is 7. The number of hydrogen-bond donors (Lipinski definition) is 2. The van der Waals surface area contributed by atoms with E-state index in [0.717, 1.165) is 11.4 Å². The van der Waals surface area contributed by atoms with Gasteiger partial charge in [0.25, 0.3) is 5.91 Å². The lowest BCUT2D eigenvalue weighted by atomic mass is 10.2. The zero-order chi connectivity index (χ0) is 19.3. The van der Waals surface area contributed by atoms with Crippen molar-refractivity contribution in [1.29, 1.82) is 0 Å². The van der Waals surface area contributed by atoms with Crippen molar-refractivity contribution in [3.63, 3.8) is 0 Å². The molecule has 1 aromatic carbocycles. The van der Waals surface area contributed by atoms with Crippen molar-refractivity contribution in [3.05, 3.63) is 38.0 Å². The molecule has 2 N–H and O–H groups in total. The van der Waals surface area contributed by atoms with Gasteiger partial charge in [-0.05, 0) is 57.8 Å². The molecule has 0 saturated heterocycles. The molecule has 0 aliphatic heterocycles. The van der Waals surface area contributed by atoms with Gasteiger partial charge in [-0.3, -0.25) is 4.79 Å². The highest BCUT2D eigenvalue weighted by atomic mass is 79.9. The fourth-order valence-electron chi connectivity index (χ4n) is 1.96. The van der Waals surface area contributed by atoms with E-state index in [-0.39, 0.29) is 23.2 Å². The molecule has 0 atom stereocenters. The van der Waals surface area contributed by atoms with Crippen LogP contribution in [0, 0.1) is 13.8 Å². The Balaban J connectivity index is 1.98. The molecule has 26 heavy (non-hydrogen) atoms. The number of rotatable bonds is 6. The SMILES string of the molecule is COc1cc(/C=N\NC(=O)CSc2nc(C)cc(C)n2)c(Br)c(Br)c1O. The summed E-state index contributed by atoms with van der Waals surface area (Å²) >= 11 is 7.85.